The fraction of sp³-hybridized carbons (Fsp3) is 0.571. The van der Waals surface area contributed by atoms with E-state index in [1.807, 2.05) is 0 Å². The van der Waals surface area contributed by atoms with Crippen molar-refractivity contribution in [2.24, 2.45) is 5.41 Å². The van der Waals surface area contributed by atoms with Gasteiger partial charge in [-0.1, -0.05) is 36.7 Å². The molecule has 17 heavy (non-hydrogen) atoms. The van der Waals surface area contributed by atoms with Crippen molar-refractivity contribution in [2.75, 3.05) is 13.1 Å². The molecule has 0 saturated carbocycles. The summed E-state index contributed by atoms with van der Waals surface area (Å²) >= 11 is 3.48. The van der Waals surface area contributed by atoms with E-state index in [0.29, 0.717) is 0 Å². The Labute approximate surface area is 112 Å². The summed E-state index contributed by atoms with van der Waals surface area (Å²) in [6.45, 7) is 8.54. The highest BCUT2D eigenvalue weighted by atomic mass is 79.9. The zero-order valence-corrected chi connectivity index (χ0v) is 12.4. The van der Waals surface area contributed by atoms with Gasteiger partial charge in [0.25, 0.3) is 0 Å². The summed E-state index contributed by atoms with van der Waals surface area (Å²) in [5.74, 6) is -0.166. The molecule has 1 aromatic rings. The van der Waals surface area contributed by atoms with Gasteiger partial charge in [0.15, 0.2) is 0 Å². The topological polar surface area (TPSA) is 12.0 Å². The number of nitrogens with one attached hydrogen (secondary N) is 1. The summed E-state index contributed by atoms with van der Waals surface area (Å²) in [4.78, 5) is 0. The Morgan fingerprint density at radius 3 is 2.71 bits per heavy atom. The largest absolute Gasteiger partial charge is 0.316 e. The minimum Gasteiger partial charge on any atom is -0.316 e. The maximum atomic E-state index is 13.2. The summed E-state index contributed by atoms with van der Waals surface area (Å²) in [5, 5.41) is 3.42. The van der Waals surface area contributed by atoms with E-state index in [2.05, 4.69) is 42.0 Å². The average Bonchev–Trinajstić information content (AvgIpc) is 2.23. The maximum Gasteiger partial charge on any atom is 0.123 e. The van der Waals surface area contributed by atoms with Crippen LogP contribution in [0.2, 0.25) is 0 Å². The van der Waals surface area contributed by atoms with Gasteiger partial charge in [0, 0.05) is 11.0 Å². The molecule has 1 aromatic carbocycles. The summed E-state index contributed by atoms with van der Waals surface area (Å²) in [5.41, 5.74) is 1.17. The van der Waals surface area contributed by atoms with Crippen molar-refractivity contribution in [3.05, 3.63) is 34.1 Å². The van der Waals surface area contributed by atoms with Gasteiger partial charge in [-0.3, -0.25) is 0 Å². The van der Waals surface area contributed by atoms with Crippen LogP contribution in [-0.4, -0.2) is 13.1 Å². The van der Waals surface area contributed by atoms with E-state index in [1.54, 1.807) is 12.1 Å². The summed E-state index contributed by atoms with van der Waals surface area (Å²) in [7, 11) is 0. The number of hydrogen-bond acceptors (Lipinski definition) is 1. The van der Waals surface area contributed by atoms with Crippen LogP contribution in [0.4, 0.5) is 4.39 Å². The van der Waals surface area contributed by atoms with Crippen molar-refractivity contribution in [3.63, 3.8) is 0 Å². The van der Waals surface area contributed by atoms with Gasteiger partial charge >= 0.3 is 0 Å². The molecule has 0 amide bonds. The molecule has 1 N–H and O–H groups in total. The fourth-order valence-electron chi connectivity index (χ4n) is 1.86. The van der Waals surface area contributed by atoms with Gasteiger partial charge in [0.1, 0.15) is 5.82 Å². The van der Waals surface area contributed by atoms with Crippen LogP contribution in [0.1, 0.15) is 32.8 Å². The summed E-state index contributed by atoms with van der Waals surface area (Å²) in [6, 6.07) is 4.88. The van der Waals surface area contributed by atoms with Crippen LogP contribution < -0.4 is 5.32 Å². The molecular weight excluding hydrogens is 281 g/mol. The second-order valence-electron chi connectivity index (χ2n) is 5.25. The van der Waals surface area contributed by atoms with Gasteiger partial charge in [-0.05, 0) is 48.6 Å². The van der Waals surface area contributed by atoms with Crippen molar-refractivity contribution >= 4 is 15.9 Å². The molecule has 0 unspecified atom stereocenters. The number of benzene rings is 1. The predicted molar refractivity (Wildman–Crippen MR) is 74.7 cm³/mol. The van der Waals surface area contributed by atoms with Crippen molar-refractivity contribution in [1.29, 1.82) is 0 Å². The highest BCUT2D eigenvalue weighted by Crippen LogP contribution is 2.26. The molecule has 0 saturated heterocycles. The van der Waals surface area contributed by atoms with E-state index in [1.165, 1.54) is 6.07 Å². The van der Waals surface area contributed by atoms with Crippen LogP contribution in [-0.2, 0) is 6.42 Å². The first-order chi connectivity index (χ1) is 7.94. The minimum absolute atomic E-state index is 0.130. The van der Waals surface area contributed by atoms with Crippen molar-refractivity contribution < 1.29 is 4.39 Å². The lowest BCUT2D eigenvalue weighted by Gasteiger charge is -2.25. The zero-order chi connectivity index (χ0) is 12.9. The number of hydrogen-bond donors (Lipinski definition) is 1. The van der Waals surface area contributed by atoms with E-state index < -0.39 is 0 Å². The normalized spacial score (nSPS) is 11.8. The van der Waals surface area contributed by atoms with Crippen LogP contribution >= 0.6 is 15.9 Å². The first kappa shape index (κ1) is 14.7. The Morgan fingerprint density at radius 2 is 2.06 bits per heavy atom. The molecule has 0 spiro atoms. The molecule has 0 fully saturated rings. The van der Waals surface area contributed by atoms with Gasteiger partial charge in [0.2, 0.25) is 0 Å². The van der Waals surface area contributed by atoms with E-state index in [9.17, 15) is 4.39 Å². The Kier molecular flexibility index (Phi) is 5.60. The van der Waals surface area contributed by atoms with Crippen LogP contribution in [0.5, 0.6) is 0 Å². The lowest BCUT2D eigenvalue weighted by atomic mass is 9.85. The highest BCUT2D eigenvalue weighted by molar-refractivity contribution is 9.10. The van der Waals surface area contributed by atoms with E-state index in [-0.39, 0.29) is 11.2 Å². The molecule has 1 rings (SSSR count). The Bertz CT molecular complexity index is 363. The van der Waals surface area contributed by atoms with Crippen LogP contribution in [0.25, 0.3) is 0 Å². The third kappa shape index (κ3) is 5.17. The number of rotatable bonds is 6. The lowest BCUT2D eigenvalue weighted by Crippen LogP contribution is -2.31. The van der Waals surface area contributed by atoms with Crippen molar-refractivity contribution in [3.8, 4) is 0 Å². The monoisotopic (exact) mass is 301 g/mol. The SMILES string of the molecule is CCCNCC(C)(C)Cc1cc(F)ccc1Br. The molecule has 0 bridgehead atoms. The van der Waals surface area contributed by atoms with Gasteiger partial charge < -0.3 is 5.32 Å². The molecule has 1 nitrogen and oxygen atoms in total. The Morgan fingerprint density at radius 1 is 1.35 bits per heavy atom. The maximum absolute atomic E-state index is 13.2. The smallest absolute Gasteiger partial charge is 0.123 e. The second-order valence-corrected chi connectivity index (χ2v) is 6.11. The molecule has 0 aliphatic rings. The average molecular weight is 302 g/mol. The molecule has 0 heterocycles. The van der Waals surface area contributed by atoms with E-state index in [0.717, 1.165) is 36.0 Å². The van der Waals surface area contributed by atoms with Crippen LogP contribution in [0.15, 0.2) is 22.7 Å². The predicted octanol–water partition coefficient (Wildman–Crippen LogP) is 4.16. The third-order valence-corrected chi connectivity index (χ3v) is 3.48. The molecule has 0 aliphatic carbocycles. The second kappa shape index (κ2) is 6.50. The van der Waals surface area contributed by atoms with Crippen molar-refractivity contribution in [2.45, 2.75) is 33.6 Å². The number of halogens is 2. The zero-order valence-electron chi connectivity index (χ0n) is 10.8. The lowest BCUT2D eigenvalue weighted by molar-refractivity contribution is 0.338. The fourth-order valence-corrected chi connectivity index (χ4v) is 2.25. The molecule has 0 aromatic heterocycles. The molecular formula is C14H21BrFN. The standard InChI is InChI=1S/C14H21BrFN/c1-4-7-17-10-14(2,3)9-11-8-12(16)5-6-13(11)15/h5-6,8,17H,4,7,9-10H2,1-3H3. The highest BCUT2D eigenvalue weighted by Gasteiger charge is 2.19. The van der Waals surface area contributed by atoms with Crippen LogP contribution in [0, 0.1) is 11.2 Å². The molecule has 0 atom stereocenters. The van der Waals surface area contributed by atoms with Crippen molar-refractivity contribution in [1.82, 2.24) is 5.32 Å². The van der Waals surface area contributed by atoms with Crippen LogP contribution in [0.3, 0.4) is 0 Å². The van der Waals surface area contributed by atoms with Gasteiger partial charge in [0.05, 0.1) is 0 Å². The quantitative estimate of drug-likeness (QED) is 0.778. The molecule has 3 heteroatoms. The Balaban J connectivity index is 2.65. The first-order valence-corrected chi connectivity index (χ1v) is 6.88. The summed E-state index contributed by atoms with van der Waals surface area (Å²) < 4.78 is 14.2. The molecule has 0 aliphatic heterocycles. The molecule has 96 valence electrons. The van der Waals surface area contributed by atoms with Gasteiger partial charge in [-0.2, -0.15) is 0 Å². The van der Waals surface area contributed by atoms with Gasteiger partial charge in [-0.25, -0.2) is 4.39 Å². The minimum atomic E-state index is -0.166. The first-order valence-electron chi connectivity index (χ1n) is 6.09. The van der Waals surface area contributed by atoms with E-state index in [4.69, 9.17) is 0 Å². The summed E-state index contributed by atoms with van der Waals surface area (Å²) in [6.07, 6.45) is 2.00. The van der Waals surface area contributed by atoms with E-state index >= 15 is 0 Å². The third-order valence-electron chi connectivity index (χ3n) is 2.71. The Hall–Kier alpha value is -0.410. The molecule has 0 radical (unpaired) electrons. The van der Waals surface area contributed by atoms with Gasteiger partial charge in [-0.15, -0.1) is 0 Å².